The van der Waals surface area contributed by atoms with Crippen molar-refractivity contribution in [3.8, 4) is 0 Å². The van der Waals surface area contributed by atoms with Crippen molar-refractivity contribution in [2.75, 3.05) is 13.2 Å². The minimum Gasteiger partial charge on any atom is -0.462 e. The molecule has 1 unspecified atom stereocenters. The normalized spacial score (nSPS) is 12.2. The Hall–Kier alpha value is -2.37. The number of allylic oxidation sites excluding steroid dienone is 6. The predicted octanol–water partition coefficient (Wildman–Crippen LogP) is 17.3. The van der Waals surface area contributed by atoms with Gasteiger partial charge in [-0.25, -0.2) is 0 Å². The highest BCUT2D eigenvalue weighted by Crippen LogP contribution is 2.16. The highest BCUT2D eigenvalue weighted by molar-refractivity contribution is 5.71. The Kier molecular flexibility index (Phi) is 48.3. The van der Waals surface area contributed by atoms with Crippen LogP contribution in [-0.2, 0) is 28.6 Å². The van der Waals surface area contributed by atoms with E-state index in [1.165, 1.54) is 161 Å². The van der Waals surface area contributed by atoms with Crippen LogP contribution in [-0.4, -0.2) is 37.2 Å². The topological polar surface area (TPSA) is 78.9 Å². The van der Waals surface area contributed by atoms with Crippen molar-refractivity contribution >= 4 is 17.9 Å². The molecule has 6 heteroatoms. The van der Waals surface area contributed by atoms with E-state index in [1.54, 1.807) is 0 Å². The standard InChI is InChI=1S/C55H100O6/c1-4-7-10-13-15-17-19-20-21-22-23-24-25-26-27-28-29-30-31-32-33-34-36-37-39-42-45-48-54(57)60-51-52(50-59-53(56)47-44-41-12-9-6-3)61-55(58)49-46-43-40-38-35-18-16-14-11-8-5-2/h19-20,22-23,25-26,52H,4-18,21,24,27-51H2,1-3H3/b20-19-,23-22-,26-25-. The molecule has 0 heterocycles. The molecule has 0 saturated carbocycles. The van der Waals surface area contributed by atoms with E-state index in [4.69, 9.17) is 14.2 Å². The van der Waals surface area contributed by atoms with Gasteiger partial charge in [0.05, 0.1) is 0 Å². The molecule has 61 heavy (non-hydrogen) atoms. The first-order chi connectivity index (χ1) is 30.0. The van der Waals surface area contributed by atoms with Crippen molar-refractivity contribution in [1.82, 2.24) is 0 Å². The first-order valence-corrected chi connectivity index (χ1v) is 26.5. The SMILES string of the molecule is CCCCCCC/C=C\C/C=C\C/C=C\CCCCCCCCCCCCCCC(=O)OCC(COC(=O)CCCCCCC)OC(=O)CCCCCCCCCCCCC. The Morgan fingerprint density at radius 2 is 0.590 bits per heavy atom. The Morgan fingerprint density at radius 3 is 0.918 bits per heavy atom. The number of carbonyl (C=O) groups excluding carboxylic acids is 3. The maximum Gasteiger partial charge on any atom is 0.306 e. The molecule has 0 aromatic heterocycles. The molecule has 0 rings (SSSR count). The molecular weight excluding hydrogens is 757 g/mol. The van der Waals surface area contributed by atoms with Crippen molar-refractivity contribution in [2.45, 2.75) is 284 Å². The summed E-state index contributed by atoms with van der Waals surface area (Å²) in [5.74, 6) is -0.878. The lowest BCUT2D eigenvalue weighted by Crippen LogP contribution is -2.30. The van der Waals surface area contributed by atoms with Gasteiger partial charge in [-0.15, -0.1) is 0 Å². The second-order valence-electron chi connectivity index (χ2n) is 17.8. The average molecular weight is 857 g/mol. The molecule has 0 fully saturated rings. The first kappa shape index (κ1) is 58.6. The van der Waals surface area contributed by atoms with E-state index in [2.05, 4.69) is 57.2 Å². The quantitative estimate of drug-likeness (QED) is 0.0262. The largest absolute Gasteiger partial charge is 0.462 e. The van der Waals surface area contributed by atoms with Gasteiger partial charge >= 0.3 is 17.9 Å². The van der Waals surface area contributed by atoms with Crippen LogP contribution in [0.15, 0.2) is 36.5 Å². The maximum absolute atomic E-state index is 12.7. The number of esters is 3. The zero-order valence-electron chi connectivity index (χ0n) is 40.7. The summed E-state index contributed by atoms with van der Waals surface area (Å²) in [6.45, 7) is 6.55. The average Bonchev–Trinajstić information content (AvgIpc) is 3.26. The summed E-state index contributed by atoms with van der Waals surface area (Å²) < 4.78 is 16.6. The Bertz CT molecular complexity index is 1030. The molecule has 356 valence electrons. The van der Waals surface area contributed by atoms with Gasteiger partial charge in [0.2, 0.25) is 0 Å². The van der Waals surface area contributed by atoms with Crippen molar-refractivity contribution in [3.63, 3.8) is 0 Å². The van der Waals surface area contributed by atoms with Crippen LogP contribution in [0, 0.1) is 0 Å². The molecule has 0 aromatic rings. The van der Waals surface area contributed by atoms with Crippen LogP contribution in [0.25, 0.3) is 0 Å². The molecule has 0 aliphatic heterocycles. The molecule has 0 aromatic carbocycles. The van der Waals surface area contributed by atoms with E-state index >= 15 is 0 Å². The molecule has 0 bridgehead atoms. The van der Waals surface area contributed by atoms with E-state index in [1.807, 2.05) is 0 Å². The Balaban J connectivity index is 3.99. The Labute approximate surface area is 378 Å². The first-order valence-electron chi connectivity index (χ1n) is 26.5. The van der Waals surface area contributed by atoms with Crippen LogP contribution < -0.4 is 0 Å². The summed E-state index contributed by atoms with van der Waals surface area (Å²) in [7, 11) is 0. The number of unbranched alkanes of at least 4 members (excludes halogenated alkanes) is 31. The fraction of sp³-hybridized carbons (Fsp3) is 0.836. The molecule has 0 N–H and O–H groups in total. The fourth-order valence-corrected chi connectivity index (χ4v) is 7.63. The molecule has 0 aliphatic rings. The molecule has 6 nitrogen and oxygen atoms in total. The fourth-order valence-electron chi connectivity index (χ4n) is 7.63. The van der Waals surface area contributed by atoms with Crippen molar-refractivity contribution < 1.29 is 28.6 Å². The zero-order chi connectivity index (χ0) is 44.4. The van der Waals surface area contributed by atoms with Gasteiger partial charge in [-0.2, -0.15) is 0 Å². The lowest BCUT2D eigenvalue weighted by molar-refractivity contribution is -0.167. The molecule has 1 atom stereocenters. The van der Waals surface area contributed by atoms with Crippen LogP contribution >= 0.6 is 0 Å². The van der Waals surface area contributed by atoms with Gasteiger partial charge in [0.15, 0.2) is 6.10 Å². The number of carbonyl (C=O) groups is 3. The smallest absolute Gasteiger partial charge is 0.306 e. The van der Waals surface area contributed by atoms with Gasteiger partial charge in [-0.3, -0.25) is 14.4 Å². The van der Waals surface area contributed by atoms with Gasteiger partial charge in [0, 0.05) is 19.3 Å². The van der Waals surface area contributed by atoms with Gasteiger partial charge in [-0.1, -0.05) is 237 Å². The lowest BCUT2D eigenvalue weighted by Gasteiger charge is -2.18. The second-order valence-corrected chi connectivity index (χ2v) is 17.8. The number of hydrogen-bond donors (Lipinski definition) is 0. The van der Waals surface area contributed by atoms with E-state index in [-0.39, 0.29) is 31.1 Å². The number of ether oxygens (including phenoxy) is 3. The van der Waals surface area contributed by atoms with Crippen LogP contribution in [0.1, 0.15) is 278 Å². The van der Waals surface area contributed by atoms with E-state index in [0.717, 1.165) is 77.0 Å². The Morgan fingerprint density at radius 1 is 0.328 bits per heavy atom. The van der Waals surface area contributed by atoms with Crippen molar-refractivity contribution in [2.24, 2.45) is 0 Å². The van der Waals surface area contributed by atoms with Crippen LogP contribution in [0.4, 0.5) is 0 Å². The minimum absolute atomic E-state index is 0.0701. The molecule has 0 radical (unpaired) electrons. The minimum atomic E-state index is -0.764. The molecule has 0 spiro atoms. The summed E-state index contributed by atoms with van der Waals surface area (Å²) in [6, 6.07) is 0. The van der Waals surface area contributed by atoms with E-state index in [9.17, 15) is 14.4 Å². The third-order valence-corrected chi connectivity index (χ3v) is 11.6. The number of hydrogen-bond acceptors (Lipinski definition) is 6. The van der Waals surface area contributed by atoms with E-state index in [0.29, 0.717) is 19.3 Å². The molecule has 0 aliphatic carbocycles. The van der Waals surface area contributed by atoms with Crippen LogP contribution in [0.5, 0.6) is 0 Å². The maximum atomic E-state index is 12.7. The van der Waals surface area contributed by atoms with Crippen molar-refractivity contribution in [3.05, 3.63) is 36.5 Å². The van der Waals surface area contributed by atoms with Gasteiger partial charge in [0.25, 0.3) is 0 Å². The van der Waals surface area contributed by atoms with E-state index < -0.39 is 6.10 Å². The van der Waals surface area contributed by atoms with Crippen LogP contribution in [0.3, 0.4) is 0 Å². The summed E-state index contributed by atoms with van der Waals surface area (Å²) in [5.41, 5.74) is 0. The van der Waals surface area contributed by atoms with Crippen LogP contribution in [0.2, 0.25) is 0 Å². The molecule has 0 amide bonds. The lowest BCUT2D eigenvalue weighted by atomic mass is 10.0. The monoisotopic (exact) mass is 857 g/mol. The highest BCUT2D eigenvalue weighted by Gasteiger charge is 2.19. The summed E-state index contributed by atoms with van der Waals surface area (Å²) in [6.07, 6.45) is 58.9. The zero-order valence-corrected chi connectivity index (χ0v) is 40.7. The van der Waals surface area contributed by atoms with Gasteiger partial charge < -0.3 is 14.2 Å². The van der Waals surface area contributed by atoms with Gasteiger partial charge in [-0.05, 0) is 57.8 Å². The summed E-state index contributed by atoms with van der Waals surface area (Å²) in [4.78, 5) is 37.6. The van der Waals surface area contributed by atoms with Gasteiger partial charge in [0.1, 0.15) is 13.2 Å². The predicted molar refractivity (Wildman–Crippen MR) is 261 cm³/mol. The highest BCUT2D eigenvalue weighted by atomic mass is 16.6. The molecular formula is C55H100O6. The summed E-state index contributed by atoms with van der Waals surface area (Å²) in [5, 5.41) is 0. The third kappa shape index (κ3) is 48.5. The molecule has 0 saturated heterocycles. The second kappa shape index (κ2) is 50.3. The number of rotatable bonds is 48. The third-order valence-electron chi connectivity index (χ3n) is 11.6. The van der Waals surface area contributed by atoms with Crippen molar-refractivity contribution in [1.29, 1.82) is 0 Å². The summed E-state index contributed by atoms with van der Waals surface area (Å²) >= 11 is 0.